The van der Waals surface area contributed by atoms with Gasteiger partial charge in [-0.25, -0.2) is 0 Å². The molecular formula is C11H9NOS. The van der Waals surface area contributed by atoms with E-state index >= 15 is 0 Å². The molecule has 0 fully saturated rings. The van der Waals surface area contributed by atoms with Crippen LogP contribution in [0.25, 0.3) is 15.0 Å². The first-order valence-electron chi connectivity index (χ1n) is 4.48. The van der Waals surface area contributed by atoms with Crippen LogP contribution in [-0.2, 0) is 6.61 Å². The molecule has 1 N–H and O–H groups in total. The maximum atomic E-state index is 9.02. The quantitative estimate of drug-likeness (QED) is 0.646. The van der Waals surface area contributed by atoms with E-state index in [0.29, 0.717) is 0 Å². The maximum absolute atomic E-state index is 9.02. The van der Waals surface area contributed by atoms with Crippen molar-refractivity contribution in [2.75, 3.05) is 0 Å². The lowest BCUT2D eigenvalue weighted by atomic mass is 10.3. The van der Waals surface area contributed by atoms with Crippen LogP contribution in [0.5, 0.6) is 0 Å². The van der Waals surface area contributed by atoms with Crippen LogP contribution < -0.4 is 0 Å². The Morgan fingerprint density at radius 2 is 2.14 bits per heavy atom. The molecule has 0 spiro atoms. The molecule has 0 aliphatic heterocycles. The molecule has 2 aromatic heterocycles. The molecule has 0 aliphatic carbocycles. The fourth-order valence-corrected chi connectivity index (χ4v) is 2.81. The average molecular weight is 203 g/mol. The summed E-state index contributed by atoms with van der Waals surface area (Å²) in [5.74, 6) is 0. The van der Waals surface area contributed by atoms with Crippen molar-refractivity contribution in [3.63, 3.8) is 0 Å². The van der Waals surface area contributed by atoms with Gasteiger partial charge in [-0.05, 0) is 23.8 Å². The number of aliphatic hydroxyl groups is 1. The van der Waals surface area contributed by atoms with Crippen LogP contribution in [0.2, 0.25) is 0 Å². The van der Waals surface area contributed by atoms with Gasteiger partial charge in [-0.3, -0.25) is 0 Å². The summed E-state index contributed by atoms with van der Waals surface area (Å²) < 4.78 is 3.41. The maximum Gasteiger partial charge on any atom is 0.101 e. The Balaban J connectivity index is 2.45. The molecule has 0 amide bonds. The summed E-state index contributed by atoms with van der Waals surface area (Å²) >= 11 is 1.75. The highest BCUT2D eigenvalue weighted by molar-refractivity contribution is 7.23. The standard InChI is InChI=1S/C11H9NOS/c13-7-8-5-11-12(6-8)9-3-1-2-4-10(9)14-11/h1-6,13H,7H2. The highest BCUT2D eigenvalue weighted by Crippen LogP contribution is 2.27. The lowest BCUT2D eigenvalue weighted by Crippen LogP contribution is -1.78. The molecule has 0 atom stereocenters. The molecule has 0 saturated heterocycles. The predicted octanol–water partition coefficient (Wildman–Crippen LogP) is 2.65. The number of hydrogen-bond donors (Lipinski definition) is 1. The van der Waals surface area contributed by atoms with Crippen LogP contribution in [0, 0.1) is 0 Å². The third-order valence-electron chi connectivity index (χ3n) is 2.36. The molecule has 0 bridgehead atoms. The molecule has 3 aromatic rings. The van der Waals surface area contributed by atoms with Gasteiger partial charge in [0.25, 0.3) is 0 Å². The van der Waals surface area contributed by atoms with E-state index in [0.717, 1.165) is 5.56 Å². The second-order valence-corrected chi connectivity index (χ2v) is 4.35. The molecular weight excluding hydrogens is 194 g/mol. The Labute approximate surface area is 85.0 Å². The van der Waals surface area contributed by atoms with Crippen molar-refractivity contribution in [3.05, 3.63) is 42.1 Å². The average Bonchev–Trinajstić information content (AvgIpc) is 2.73. The Hall–Kier alpha value is -1.32. The summed E-state index contributed by atoms with van der Waals surface area (Å²) in [6.07, 6.45) is 1.99. The van der Waals surface area contributed by atoms with E-state index in [1.54, 1.807) is 11.3 Å². The van der Waals surface area contributed by atoms with E-state index < -0.39 is 0 Å². The third-order valence-corrected chi connectivity index (χ3v) is 3.45. The Morgan fingerprint density at radius 1 is 1.29 bits per heavy atom. The Bertz CT molecular complexity index is 593. The smallest absolute Gasteiger partial charge is 0.101 e. The number of nitrogens with zero attached hydrogens (tertiary/aromatic N) is 1. The molecule has 0 unspecified atom stereocenters. The largest absolute Gasteiger partial charge is 0.392 e. The topological polar surface area (TPSA) is 24.6 Å². The predicted molar refractivity (Wildman–Crippen MR) is 58.7 cm³/mol. The molecule has 2 nitrogen and oxygen atoms in total. The van der Waals surface area contributed by atoms with Crippen molar-refractivity contribution in [2.45, 2.75) is 6.61 Å². The van der Waals surface area contributed by atoms with Gasteiger partial charge in [0.15, 0.2) is 0 Å². The van der Waals surface area contributed by atoms with Crippen molar-refractivity contribution in [1.82, 2.24) is 4.40 Å². The van der Waals surface area contributed by atoms with Gasteiger partial charge >= 0.3 is 0 Å². The minimum absolute atomic E-state index is 0.114. The van der Waals surface area contributed by atoms with Gasteiger partial charge in [-0.15, -0.1) is 11.3 Å². The van der Waals surface area contributed by atoms with E-state index in [4.69, 9.17) is 5.11 Å². The summed E-state index contributed by atoms with van der Waals surface area (Å²) in [4.78, 5) is 1.19. The minimum atomic E-state index is 0.114. The number of thiazole rings is 1. The molecule has 0 saturated carbocycles. The number of aliphatic hydroxyl groups excluding tert-OH is 1. The van der Waals surface area contributed by atoms with Gasteiger partial charge in [0.1, 0.15) is 4.83 Å². The van der Waals surface area contributed by atoms with Crippen LogP contribution in [-0.4, -0.2) is 9.51 Å². The zero-order chi connectivity index (χ0) is 9.54. The molecule has 0 aliphatic rings. The molecule has 1 aromatic carbocycles. The Kier molecular flexibility index (Phi) is 1.63. The first-order chi connectivity index (χ1) is 6.88. The third kappa shape index (κ3) is 0.997. The molecule has 3 rings (SSSR count). The van der Waals surface area contributed by atoms with Crippen molar-refractivity contribution in [2.24, 2.45) is 0 Å². The molecule has 3 heteroatoms. The summed E-state index contributed by atoms with van der Waals surface area (Å²) in [6, 6.07) is 10.3. The number of benzene rings is 1. The van der Waals surface area contributed by atoms with Crippen molar-refractivity contribution < 1.29 is 5.11 Å². The lowest BCUT2D eigenvalue weighted by molar-refractivity contribution is 0.282. The van der Waals surface area contributed by atoms with Gasteiger partial charge in [-0.2, -0.15) is 0 Å². The molecule has 14 heavy (non-hydrogen) atoms. The zero-order valence-electron chi connectivity index (χ0n) is 7.47. The number of hydrogen-bond acceptors (Lipinski definition) is 2. The fourth-order valence-electron chi connectivity index (χ4n) is 1.70. The van der Waals surface area contributed by atoms with Crippen molar-refractivity contribution in [1.29, 1.82) is 0 Å². The van der Waals surface area contributed by atoms with E-state index in [1.165, 1.54) is 15.0 Å². The first-order valence-corrected chi connectivity index (χ1v) is 5.29. The lowest BCUT2D eigenvalue weighted by Gasteiger charge is -1.89. The van der Waals surface area contributed by atoms with E-state index in [1.807, 2.05) is 24.4 Å². The zero-order valence-corrected chi connectivity index (χ0v) is 8.29. The van der Waals surface area contributed by atoms with Crippen LogP contribution in [0.1, 0.15) is 5.56 Å². The van der Waals surface area contributed by atoms with E-state index in [2.05, 4.69) is 16.5 Å². The van der Waals surface area contributed by atoms with E-state index in [9.17, 15) is 0 Å². The minimum Gasteiger partial charge on any atom is -0.392 e. The SMILES string of the molecule is OCc1cc2sc3ccccc3n2c1. The van der Waals surface area contributed by atoms with Crippen LogP contribution in [0.15, 0.2) is 36.5 Å². The number of para-hydroxylation sites is 1. The number of aromatic nitrogens is 1. The first kappa shape index (κ1) is 8.03. The summed E-state index contributed by atoms with van der Waals surface area (Å²) in [5.41, 5.74) is 2.19. The summed E-state index contributed by atoms with van der Waals surface area (Å²) in [7, 11) is 0. The van der Waals surface area contributed by atoms with Crippen LogP contribution in [0.4, 0.5) is 0 Å². The van der Waals surface area contributed by atoms with Gasteiger partial charge in [0, 0.05) is 6.20 Å². The Morgan fingerprint density at radius 3 is 3.00 bits per heavy atom. The summed E-state index contributed by atoms with van der Waals surface area (Å²) in [5, 5.41) is 9.02. The normalized spacial score (nSPS) is 11.5. The highest BCUT2D eigenvalue weighted by Gasteiger charge is 2.05. The van der Waals surface area contributed by atoms with Gasteiger partial charge < -0.3 is 9.51 Å². The van der Waals surface area contributed by atoms with Gasteiger partial charge in [0.05, 0.1) is 16.8 Å². The molecule has 70 valence electrons. The van der Waals surface area contributed by atoms with Gasteiger partial charge in [0.2, 0.25) is 0 Å². The number of fused-ring (bicyclic) bond motifs is 3. The van der Waals surface area contributed by atoms with E-state index in [-0.39, 0.29) is 6.61 Å². The molecule has 2 heterocycles. The van der Waals surface area contributed by atoms with Gasteiger partial charge in [-0.1, -0.05) is 12.1 Å². The van der Waals surface area contributed by atoms with Crippen LogP contribution >= 0.6 is 11.3 Å². The second-order valence-electron chi connectivity index (χ2n) is 3.28. The monoisotopic (exact) mass is 203 g/mol. The second kappa shape index (κ2) is 2.83. The highest BCUT2D eigenvalue weighted by atomic mass is 32.1. The van der Waals surface area contributed by atoms with Crippen molar-refractivity contribution >= 4 is 26.4 Å². The number of rotatable bonds is 1. The molecule has 0 radical (unpaired) electrons. The van der Waals surface area contributed by atoms with Crippen molar-refractivity contribution in [3.8, 4) is 0 Å². The fraction of sp³-hybridized carbons (Fsp3) is 0.0909. The van der Waals surface area contributed by atoms with Crippen LogP contribution in [0.3, 0.4) is 0 Å². The summed E-state index contributed by atoms with van der Waals surface area (Å²) in [6.45, 7) is 0.114.